The molecule has 1 saturated heterocycles. The second-order valence-electron chi connectivity index (χ2n) is 7.26. The van der Waals surface area contributed by atoms with Crippen molar-refractivity contribution in [3.8, 4) is 11.4 Å². The van der Waals surface area contributed by atoms with Crippen LogP contribution in [-0.4, -0.2) is 56.3 Å². The number of amides is 1. The van der Waals surface area contributed by atoms with Crippen LogP contribution in [0.4, 0.5) is 0 Å². The zero-order valence-electron chi connectivity index (χ0n) is 15.6. The van der Waals surface area contributed by atoms with Crippen molar-refractivity contribution in [1.82, 2.24) is 24.8 Å². The number of carbonyl (C=O) groups excluding carboxylic acids is 1. The van der Waals surface area contributed by atoms with Gasteiger partial charge in [-0.2, -0.15) is 0 Å². The van der Waals surface area contributed by atoms with Crippen molar-refractivity contribution in [2.24, 2.45) is 0 Å². The third-order valence-electron chi connectivity index (χ3n) is 5.57. The number of fused-ring (bicyclic) bond motifs is 1. The molecule has 0 bridgehead atoms. The maximum Gasteiger partial charge on any atom is 0.254 e. The van der Waals surface area contributed by atoms with E-state index in [0.717, 1.165) is 37.9 Å². The molecule has 0 spiro atoms. The summed E-state index contributed by atoms with van der Waals surface area (Å²) in [6.45, 7) is 5.04. The monoisotopic (exact) mass is 367 g/mol. The number of nitrogens with one attached hydrogen (secondary N) is 1. The van der Waals surface area contributed by atoms with E-state index in [9.17, 15) is 9.59 Å². The average molecular weight is 367 g/mol. The van der Waals surface area contributed by atoms with Gasteiger partial charge in [-0.3, -0.25) is 19.5 Å². The molecule has 0 radical (unpaired) electrons. The summed E-state index contributed by atoms with van der Waals surface area (Å²) in [4.78, 5) is 41.4. The highest BCUT2D eigenvalue weighted by Gasteiger charge is 2.32. The van der Waals surface area contributed by atoms with Crippen molar-refractivity contribution in [3.63, 3.8) is 0 Å². The molecule has 1 amide bonds. The first-order valence-electron chi connectivity index (χ1n) is 9.72. The van der Waals surface area contributed by atoms with Gasteiger partial charge in [0, 0.05) is 30.1 Å². The quantitative estimate of drug-likeness (QED) is 0.887. The molecule has 0 aliphatic carbocycles. The normalized spacial score (nSPS) is 18.3. The fourth-order valence-corrected chi connectivity index (χ4v) is 4.12. The van der Waals surface area contributed by atoms with Crippen LogP contribution in [0, 0.1) is 0 Å². The van der Waals surface area contributed by atoms with Crippen LogP contribution in [-0.2, 0) is 17.8 Å². The molecule has 7 nitrogen and oxygen atoms in total. The van der Waals surface area contributed by atoms with Crippen LogP contribution in [0.1, 0.15) is 37.4 Å². The van der Waals surface area contributed by atoms with E-state index in [4.69, 9.17) is 0 Å². The molecule has 0 aromatic carbocycles. The maximum atomic E-state index is 13.1. The number of carbonyl (C=O) groups is 1. The van der Waals surface area contributed by atoms with Gasteiger partial charge >= 0.3 is 0 Å². The van der Waals surface area contributed by atoms with Gasteiger partial charge in [0.2, 0.25) is 5.91 Å². The van der Waals surface area contributed by atoms with E-state index in [1.807, 2.05) is 17.0 Å². The van der Waals surface area contributed by atoms with Crippen LogP contribution in [0.25, 0.3) is 11.4 Å². The summed E-state index contributed by atoms with van der Waals surface area (Å²) in [6, 6.07) is 3.62. The first-order chi connectivity index (χ1) is 13.2. The van der Waals surface area contributed by atoms with E-state index >= 15 is 0 Å². The Hall–Kier alpha value is -2.54. The summed E-state index contributed by atoms with van der Waals surface area (Å²) in [6.07, 6.45) is 7.05. The SMILES string of the molecule is CCC(C(=O)N1CCc2c(nc(-c3cccnc3)[nH]c2=O)C1)N1CCCC1. The number of pyridine rings is 1. The van der Waals surface area contributed by atoms with Gasteiger partial charge in [0.1, 0.15) is 5.82 Å². The number of aromatic nitrogens is 3. The molecule has 4 rings (SSSR count). The highest BCUT2D eigenvalue weighted by Crippen LogP contribution is 2.21. The lowest BCUT2D eigenvalue weighted by molar-refractivity contribution is -0.137. The smallest absolute Gasteiger partial charge is 0.254 e. The zero-order valence-corrected chi connectivity index (χ0v) is 15.6. The van der Waals surface area contributed by atoms with E-state index in [1.54, 1.807) is 12.4 Å². The van der Waals surface area contributed by atoms with Gasteiger partial charge in [0.25, 0.3) is 5.56 Å². The molecule has 2 aliphatic heterocycles. The van der Waals surface area contributed by atoms with Gasteiger partial charge in [-0.25, -0.2) is 4.98 Å². The van der Waals surface area contributed by atoms with Crippen molar-refractivity contribution in [2.45, 2.75) is 45.2 Å². The lowest BCUT2D eigenvalue weighted by Gasteiger charge is -2.34. The molecule has 1 fully saturated rings. The van der Waals surface area contributed by atoms with Crippen LogP contribution >= 0.6 is 0 Å². The minimum Gasteiger partial charge on any atom is -0.335 e. The molecular weight excluding hydrogens is 342 g/mol. The number of H-pyrrole nitrogens is 1. The van der Waals surface area contributed by atoms with Crippen LogP contribution in [0.3, 0.4) is 0 Å². The molecule has 7 heteroatoms. The Labute approximate surface area is 158 Å². The first-order valence-corrected chi connectivity index (χ1v) is 9.72. The number of rotatable bonds is 4. The Morgan fingerprint density at radius 2 is 2.11 bits per heavy atom. The summed E-state index contributed by atoms with van der Waals surface area (Å²) in [5.41, 5.74) is 2.05. The van der Waals surface area contributed by atoms with Crippen LogP contribution < -0.4 is 5.56 Å². The third-order valence-corrected chi connectivity index (χ3v) is 5.57. The molecule has 27 heavy (non-hydrogen) atoms. The summed E-state index contributed by atoms with van der Waals surface area (Å²) in [7, 11) is 0. The van der Waals surface area contributed by atoms with Gasteiger partial charge in [0.05, 0.1) is 18.3 Å². The molecule has 0 saturated carbocycles. The second kappa shape index (κ2) is 7.60. The lowest BCUT2D eigenvalue weighted by Crippen LogP contribution is -2.49. The van der Waals surface area contributed by atoms with E-state index in [1.165, 1.54) is 0 Å². The lowest BCUT2D eigenvalue weighted by atomic mass is 10.0. The summed E-state index contributed by atoms with van der Waals surface area (Å²) in [5.74, 6) is 0.669. The molecule has 1 atom stereocenters. The van der Waals surface area contributed by atoms with E-state index in [0.29, 0.717) is 36.6 Å². The highest BCUT2D eigenvalue weighted by molar-refractivity contribution is 5.82. The summed E-state index contributed by atoms with van der Waals surface area (Å²) in [5, 5.41) is 0. The maximum absolute atomic E-state index is 13.1. The van der Waals surface area contributed by atoms with Crippen LogP contribution in [0.5, 0.6) is 0 Å². The molecule has 1 unspecified atom stereocenters. The van der Waals surface area contributed by atoms with E-state index in [2.05, 4.69) is 26.8 Å². The Morgan fingerprint density at radius 1 is 1.30 bits per heavy atom. The van der Waals surface area contributed by atoms with Crippen molar-refractivity contribution < 1.29 is 4.79 Å². The summed E-state index contributed by atoms with van der Waals surface area (Å²) < 4.78 is 0. The predicted octanol–water partition coefficient (Wildman–Crippen LogP) is 1.59. The molecule has 2 aliphatic rings. The Bertz CT molecular complexity index is 874. The Kier molecular flexibility index (Phi) is 5.03. The minimum atomic E-state index is -0.113. The first kappa shape index (κ1) is 17.9. The van der Waals surface area contributed by atoms with Gasteiger partial charge in [-0.05, 0) is 50.9 Å². The van der Waals surface area contributed by atoms with Crippen molar-refractivity contribution in [2.75, 3.05) is 19.6 Å². The molecule has 142 valence electrons. The molecular formula is C20H25N5O2. The van der Waals surface area contributed by atoms with E-state index in [-0.39, 0.29) is 17.5 Å². The largest absolute Gasteiger partial charge is 0.335 e. The van der Waals surface area contributed by atoms with Crippen LogP contribution in [0.2, 0.25) is 0 Å². The molecule has 1 N–H and O–H groups in total. The topological polar surface area (TPSA) is 82.2 Å². The predicted molar refractivity (Wildman–Crippen MR) is 102 cm³/mol. The Morgan fingerprint density at radius 3 is 2.81 bits per heavy atom. The zero-order chi connectivity index (χ0) is 18.8. The standard InChI is InChI=1S/C20H25N5O2/c1-2-17(24-9-3-4-10-24)20(27)25-11-7-15-16(13-25)22-18(23-19(15)26)14-6-5-8-21-12-14/h5-6,8,12,17H,2-4,7,9-11,13H2,1H3,(H,22,23,26). The fraction of sp³-hybridized carbons (Fsp3) is 0.500. The Balaban J connectivity index is 1.59. The van der Waals surface area contributed by atoms with Gasteiger partial charge in [-0.15, -0.1) is 0 Å². The number of nitrogens with zero attached hydrogens (tertiary/aromatic N) is 4. The van der Waals surface area contributed by atoms with Gasteiger partial charge in [-0.1, -0.05) is 6.92 Å². The average Bonchev–Trinajstić information content (AvgIpc) is 3.23. The minimum absolute atomic E-state index is 0.0613. The third kappa shape index (κ3) is 3.51. The molecule has 2 aromatic heterocycles. The molecule has 4 heterocycles. The van der Waals surface area contributed by atoms with Gasteiger partial charge < -0.3 is 9.88 Å². The number of hydrogen-bond donors (Lipinski definition) is 1. The summed E-state index contributed by atoms with van der Waals surface area (Å²) >= 11 is 0. The van der Waals surface area contributed by atoms with Gasteiger partial charge in [0.15, 0.2) is 0 Å². The van der Waals surface area contributed by atoms with Crippen molar-refractivity contribution in [1.29, 1.82) is 0 Å². The highest BCUT2D eigenvalue weighted by atomic mass is 16.2. The number of likely N-dealkylation sites (tertiary alicyclic amines) is 1. The number of hydrogen-bond acceptors (Lipinski definition) is 5. The van der Waals surface area contributed by atoms with Crippen molar-refractivity contribution in [3.05, 3.63) is 46.1 Å². The van der Waals surface area contributed by atoms with Crippen molar-refractivity contribution >= 4 is 5.91 Å². The number of aromatic amines is 1. The second-order valence-corrected chi connectivity index (χ2v) is 7.26. The van der Waals surface area contributed by atoms with Crippen LogP contribution in [0.15, 0.2) is 29.3 Å². The molecule has 2 aromatic rings. The fourth-order valence-electron chi connectivity index (χ4n) is 4.12. The van der Waals surface area contributed by atoms with E-state index < -0.39 is 0 Å².